The third-order valence-electron chi connectivity index (χ3n) is 2.51. The maximum Gasteiger partial charge on any atom is 0.244 e. The van der Waals surface area contributed by atoms with Gasteiger partial charge < -0.3 is 0 Å². The molecule has 1 aromatic heterocycles. The summed E-state index contributed by atoms with van der Waals surface area (Å²) < 4.78 is 26.5. The molecule has 5 nitrogen and oxygen atoms in total. The molecule has 0 amide bonds. The van der Waals surface area contributed by atoms with Crippen molar-refractivity contribution in [2.24, 2.45) is 5.92 Å². The van der Waals surface area contributed by atoms with Crippen molar-refractivity contribution >= 4 is 26.0 Å². The molecule has 2 atom stereocenters. The van der Waals surface area contributed by atoms with Crippen LogP contribution in [0.3, 0.4) is 0 Å². The second-order valence-electron chi connectivity index (χ2n) is 3.90. The van der Waals surface area contributed by atoms with Gasteiger partial charge in [-0.05, 0) is 19.8 Å². The van der Waals surface area contributed by atoms with Crippen LogP contribution in [0.5, 0.6) is 0 Å². The van der Waals surface area contributed by atoms with Gasteiger partial charge >= 0.3 is 0 Å². The van der Waals surface area contributed by atoms with Gasteiger partial charge in [0.15, 0.2) is 0 Å². The summed E-state index contributed by atoms with van der Waals surface area (Å²) in [4.78, 5) is 0.209. The molecule has 7 heteroatoms. The number of aryl methyl sites for hydroxylation is 1. The predicted molar refractivity (Wildman–Crippen MR) is 66.1 cm³/mol. The number of nitrogens with zero attached hydrogens (tertiary/aromatic N) is 1. The SMILES string of the molecule is Cc1[nH]ncc1S(=O)(=O)NC(C)C(C)CBr. The van der Waals surface area contributed by atoms with Crippen LogP contribution in [0.4, 0.5) is 0 Å². The predicted octanol–water partition coefficient (Wildman–Crippen LogP) is 1.42. The van der Waals surface area contributed by atoms with Gasteiger partial charge in [-0.15, -0.1) is 0 Å². The maximum atomic E-state index is 12.0. The molecule has 0 radical (unpaired) electrons. The fraction of sp³-hybridized carbons (Fsp3) is 0.667. The number of hydrogen-bond donors (Lipinski definition) is 2. The van der Waals surface area contributed by atoms with E-state index in [-0.39, 0.29) is 16.9 Å². The van der Waals surface area contributed by atoms with Crippen LogP contribution < -0.4 is 4.72 Å². The van der Waals surface area contributed by atoms with Gasteiger partial charge in [0, 0.05) is 11.4 Å². The van der Waals surface area contributed by atoms with Crippen molar-refractivity contribution in [3.8, 4) is 0 Å². The molecule has 2 unspecified atom stereocenters. The molecule has 0 bridgehead atoms. The van der Waals surface area contributed by atoms with E-state index < -0.39 is 10.0 Å². The summed E-state index contributed by atoms with van der Waals surface area (Å²) in [6.45, 7) is 5.50. The number of sulfonamides is 1. The Morgan fingerprint density at radius 2 is 2.19 bits per heavy atom. The van der Waals surface area contributed by atoms with Gasteiger partial charge in [0.2, 0.25) is 10.0 Å². The van der Waals surface area contributed by atoms with E-state index >= 15 is 0 Å². The van der Waals surface area contributed by atoms with Crippen LogP contribution in [-0.4, -0.2) is 30.0 Å². The second-order valence-corrected chi connectivity index (χ2v) is 6.23. The summed E-state index contributed by atoms with van der Waals surface area (Å²) >= 11 is 3.33. The van der Waals surface area contributed by atoms with Gasteiger partial charge in [-0.2, -0.15) is 5.10 Å². The third-order valence-corrected chi connectivity index (χ3v) is 5.21. The van der Waals surface area contributed by atoms with Crippen LogP contribution in [0.25, 0.3) is 0 Å². The van der Waals surface area contributed by atoms with Crippen molar-refractivity contribution in [1.82, 2.24) is 14.9 Å². The standard InChI is InChI=1S/C9H16BrN3O2S/c1-6(4-10)7(2)13-16(14,15)9-5-11-12-8(9)3/h5-7,13H,4H2,1-3H3,(H,11,12). The fourth-order valence-electron chi connectivity index (χ4n) is 1.17. The first-order valence-electron chi connectivity index (χ1n) is 4.96. The zero-order chi connectivity index (χ0) is 12.3. The zero-order valence-electron chi connectivity index (χ0n) is 9.49. The van der Waals surface area contributed by atoms with E-state index in [4.69, 9.17) is 0 Å². The monoisotopic (exact) mass is 309 g/mol. The highest BCUT2D eigenvalue weighted by molar-refractivity contribution is 9.09. The minimum Gasteiger partial charge on any atom is -0.281 e. The van der Waals surface area contributed by atoms with Crippen molar-refractivity contribution < 1.29 is 8.42 Å². The molecule has 1 heterocycles. The lowest BCUT2D eigenvalue weighted by molar-refractivity contribution is 0.484. The van der Waals surface area contributed by atoms with E-state index in [2.05, 4.69) is 30.8 Å². The van der Waals surface area contributed by atoms with Crippen molar-refractivity contribution in [2.75, 3.05) is 5.33 Å². The maximum absolute atomic E-state index is 12.0. The molecule has 0 spiro atoms. The fourth-order valence-corrected chi connectivity index (χ4v) is 3.22. The second kappa shape index (κ2) is 5.29. The Morgan fingerprint density at radius 3 is 2.62 bits per heavy atom. The third kappa shape index (κ3) is 3.05. The molecule has 0 aromatic carbocycles. The molecule has 0 aliphatic rings. The first kappa shape index (κ1) is 13.7. The smallest absolute Gasteiger partial charge is 0.244 e. The lowest BCUT2D eigenvalue weighted by Gasteiger charge is -2.18. The summed E-state index contributed by atoms with van der Waals surface area (Å²) in [5, 5.41) is 7.07. The summed E-state index contributed by atoms with van der Waals surface area (Å²) in [5.41, 5.74) is 0.547. The minimum atomic E-state index is -3.47. The number of aromatic amines is 1. The van der Waals surface area contributed by atoms with E-state index in [0.29, 0.717) is 5.69 Å². The minimum absolute atomic E-state index is 0.126. The highest BCUT2D eigenvalue weighted by Gasteiger charge is 2.23. The van der Waals surface area contributed by atoms with Gasteiger partial charge in [-0.25, -0.2) is 13.1 Å². The van der Waals surface area contributed by atoms with Crippen LogP contribution in [0.1, 0.15) is 19.5 Å². The summed E-state index contributed by atoms with van der Waals surface area (Å²) in [6.07, 6.45) is 1.32. The Balaban J connectivity index is 2.85. The van der Waals surface area contributed by atoms with Crippen molar-refractivity contribution in [2.45, 2.75) is 31.7 Å². The average molecular weight is 310 g/mol. The highest BCUT2D eigenvalue weighted by Crippen LogP contribution is 2.14. The molecular formula is C9H16BrN3O2S. The number of halogens is 1. The van der Waals surface area contributed by atoms with Crippen molar-refractivity contribution in [3.05, 3.63) is 11.9 Å². The van der Waals surface area contributed by atoms with Crippen LogP contribution in [0.2, 0.25) is 0 Å². The molecule has 92 valence electrons. The lowest BCUT2D eigenvalue weighted by atomic mass is 10.1. The summed E-state index contributed by atoms with van der Waals surface area (Å²) in [6, 6.07) is -0.126. The van der Waals surface area contributed by atoms with Gasteiger partial charge in [0.25, 0.3) is 0 Å². The van der Waals surface area contributed by atoms with Crippen LogP contribution >= 0.6 is 15.9 Å². The molecule has 2 N–H and O–H groups in total. The van der Waals surface area contributed by atoms with Gasteiger partial charge in [0.05, 0.1) is 11.9 Å². The number of nitrogens with one attached hydrogen (secondary N) is 2. The highest BCUT2D eigenvalue weighted by atomic mass is 79.9. The molecule has 16 heavy (non-hydrogen) atoms. The van der Waals surface area contributed by atoms with E-state index in [1.807, 2.05) is 13.8 Å². The first-order chi connectivity index (χ1) is 7.38. The van der Waals surface area contributed by atoms with E-state index in [9.17, 15) is 8.42 Å². The molecule has 0 aliphatic heterocycles. The van der Waals surface area contributed by atoms with Gasteiger partial charge in [0.1, 0.15) is 4.90 Å². The Kier molecular flexibility index (Phi) is 4.52. The number of hydrogen-bond acceptors (Lipinski definition) is 3. The molecular weight excluding hydrogens is 294 g/mol. The van der Waals surface area contributed by atoms with Gasteiger partial charge in [-0.3, -0.25) is 5.10 Å². The average Bonchev–Trinajstić information content (AvgIpc) is 2.63. The Hall–Kier alpha value is -0.400. The van der Waals surface area contributed by atoms with Crippen molar-refractivity contribution in [1.29, 1.82) is 0 Å². The number of rotatable bonds is 5. The molecule has 1 aromatic rings. The summed E-state index contributed by atoms with van der Waals surface area (Å²) in [5.74, 6) is 0.224. The first-order valence-corrected chi connectivity index (χ1v) is 7.57. The number of alkyl halides is 1. The number of H-pyrrole nitrogens is 1. The number of aromatic nitrogens is 2. The molecule has 0 saturated heterocycles. The van der Waals surface area contributed by atoms with E-state index in [1.165, 1.54) is 6.20 Å². The quantitative estimate of drug-likeness (QED) is 0.808. The normalized spacial score (nSPS) is 16.0. The van der Waals surface area contributed by atoms with Crippen molar-refractivity contribution in [3.63, 3.8) is 0 Å². The zero-order valence-corrected chi connectivity index (χ0v) is 11.9. The van der Waals surface area contributed by atoms with E-state index in [1.54, 1.807) is 6.92 Å². The van der Waals surface area contributed by atoms with E-state index in [0.717, 1.165) is 5.33 Å². The van der Waals surface area contributed by atoms with Gasteiger partial charge in [-0.1, -0.05) is 22.9 Å². The molecule has 0 fully saturated rings. The Labute approximate surface area is 104 Å². The molecule has 1 rings (SSSR count). The molecule has 0 aliphatic carbocycles. The lowest BCUT2D eigenvalue weighted by Crippen LogP contribution is -2.37. The van der Waals surface area contributed by atoms with Crippen LogP contribution in [-0.2, 0) is 10.0 Å². The van der Waals surface area contributed by atoms with Crippen LogP contribution in [0.15, 0.2) is 11.1 Å². The summed E-state index contributed by atoms with van der Waals surface area (Å²) in [7, 11) is -3.47. The largest absolute Gasteiger partial charge is 0.281 e. The Morgan fingerprint density at radius 1 is 1.56 bits per heavy atom. The molecule has 0 saturated carbocycles. The van der Waals surface area contributed by atoms with Crippen LogP contribution in [0, 0.1) is 12.8 Å². The topological polar surface area (TPSA) is 74.8 Å². The Bertz CT molecular complexity index is 443.